The van der Waals surface area contributed by atoms with E-state index in [0.29, 0.717) is 11.3 Å². The maximum absolute atomic E-state index is 13.8. The summed E-state index contributed by atoms with van der Waals surface area (Å²) in [5.74, 6) is -1.88. The summed E-state index contributed by atoms with van der Waals surface area (Å²) < 4.78 is 10.5. The first kappa shape index (κ1) is 20.0. The highest BCUT2D eigenvalue weighted by atomic mass is 16.6. The molecule has 0 unspecified atom stereocenters. The lowest BCUT2D eigenvalue weighted by Crippen LogP contribution is -2.42. The van der Waals surface area contributed by atoms with E-state index in [-0.39, 0.29) is 12.4 Å². The molecule has 6 heteroatoms. The molecule has 3 aromatic carbocycles. The molecular weight excluding hydrogens is 406 g/mol. The quantitative estimate of drug-likeness (QED) is 0.579. The second-order valence-corrected chi connectivity index (χ2v) is 7.90. The van der Waals surface area contributed by atoms with Crippen molar-refractivity contribution < 1.29 is 23.9 Å². The number of imide groups is 1. The normalized spacial score (nSPS) is 21.9. The van der Waals surface area contributed by atoms with Crippen molar-refractivity contribution in [2.45, 2.75) is 12.0 Å². The third-order valence-corrected chi connectivity index (χ3v) is 6.20. The number of carbonyl (C=O) groups is 3. The van der Waals surface area contributed by atoms with Gasteiger partial charge in [0.1, 0.15) is 24.3 Å². The van der Waals surface area contributed by atoms with Gasteiger partial charge in [0.05, 0.1) is 7.11 Å². The fraction of sp³-hybridized carbons (Fsp3) is 0.192. The average Bonchev–Trinajstić information content (AvgIpc) is 3.37. The summed E-state index contributed by atoms with van der Waals surface area (Å²) >= 11 is 0. The molecule has 0 aromatic heterocycles. The lowest BCUT2D eigenvalue weighted by atomic mass is 9.84. The number of fused-ring (bicyclic) bond motifs is 1. The van der Waals surface area contributed by atoms with Gasteiger partial charge in [-0.3, -0.25) is 9.59 Å². The maximum atomic E-state index is 13.8. The Morgan fingerprint density at radius 2 is 1.59 bits per heavy atom. The molecule has 5 rings (SSSR count). The van der Waals surface area contributed by atoms with Crippen LogP contribution >= 0.6 is 0 Å². The molecule has 0 bridgehead atoms. The van der Waals surface area contributed by atoms with Crippen molar-refractivity contribution in [1.82, 2.24) is 4.90 Å². The van der Waals surface area contributed by atoms with E-state index in [9.17, 15) is 14.4 Å². The molecule has 2 aliphatic rings. The highest BCUT2D eigenvalue weighted by Gasteiger charge is 2.51. The van der Waals surface area contributed by atoms with Crippen LogP contribution in [0.1, 0.15) is 39.0 Å². The molecule has 32 heavy (non-hydrogen) atoms. The van der Waals surface area contributed by atoms with Crippen LogP contribution in [0.5, 0.6) is 5.75 Å². The number of carbonyl (C=O) groups excluding carboxylic acids is 3. The van der Waals surface area contributed by atoms with Gasteiger partial charge in [-0.1, -0.05) is 66.7 Å². The number of ketones is 1. The minimum atomic E-state index is -1.06. The van der Waals surface area contributed by atoms with Crippen LogP contribution in [0.2, 0.25) is 0 Å². The molecule has 160 valence electrons. The largest absolute Gasteiger partial charge is 0.497 e. The number of hydrogen-bond acceptors (Lipinski definition) is 5. The highest BCUT2D eigenvalue weighted by molar-refractivity contribution is 6.17. The van der Waals surface area contributed by atoms with E-state index in [2.05, 4.69) is 0 Å². The highest BCUT2D eigenvalue weighted by Crippen LogP contribution is 2.45. The number of benzene rings is 3. The fourth-order valence-corrected chi connectivity index (χ4v) is 4.67. The number of methoxy groups -OCH3 is 1. The molecule has 0 saturated carbocycles. The minimum absolute atomic E-state index is 0.0618. The van der Waals surface area contributed by atoms with E-state index in [1.807, 2.05) is 66.7 Å². The number of ether oxygens (including phenoxy) is 2. The van der Waals surface area contributed by atoms with Crippen molar-refractivity contribution in [1.29, 1.82) is 0 Å². The van der Waals surface area contributed by atoms with Gasteiger partial charge in [-0.25, -0.2) is 9.69 Å². The number of cyclic esters (lactones) is 1. The number of rotatable bonds is 4. The number of Topliss-reactive ketones (excluding diaryl/α,β-unsaturated/α-hetero) is 1. The maximum Gasteiger partial charge on any atom is 0.417 e. The summed E-state index contributed by atoms with van der Waals surface area (Å²) in [4.78, 5) is 41.1. The molecule has 2 amide bonds. The zero-order valence-corrected chi connectivity index (χ0v) is 17.4. The van der Waals surface area contributed by atoms with Crippen molar-refractivity contribution in [3.05, 3.63) is 101 Å². The van der Waals surface area contributed by atoms with E-state index < -0.39 is 29.9 Å². The molecule has 3 aromatic rings. The first-order valence-electron chi connectivity index (χ1n) is 10.4. The predicted molar refractivity (Wildman–Crippen MR) is 116 cm³/mol. The molecule has 0 spiro atoms. The lowest BCUT2D eigenvalue weighted by Gasteiger charge is -2.26. The van der Waals surface area contributed by atoms with Gasteiger partial charge in [-0.15, -0.1) is 0 Å². The average molecular weight is 427 g/mol. The molecule has 6 nitrogen and oxygen atoms in total. The Labute approximate surface area is 185 Å². The van der Waals surface area contributed by atoms with Crippen LogP contribution in [0, 0.1) is 5.92 Å². The van der Waals surface area contributed by atoms with E-state index in [1.165, 1.54) is 7.11 Å². The summed E-state index contributed by atoms with van der Waals surface area (Å²) in [5.41, 5.74) is 2.82. The molecule has 1 saturated heterocycles. The zero-order chi connectivity index (χ0) is 22.2. The van der Waals surface area contributed by atoms with Crippen LogP contribution in [-0.2, 0) is 9.53 Å². The van der Waals surface area contributed by atoms with Gasteiger partial charge in [0.15, 0.2) is 5.78 Å². The van der Waals surface area contributed by atoms with E-state index in [4.69, 9.17) is 9.47 Å². The summed E-state index contributed by atoms with van der Waals surface area (Å²) in [6.07, 6.45) is -0.725. The monoisotopic (exact) mass is 427 g/mol. The van der Waals surface area contributed by atoms with E-state index in [0.717, 1.165) is 21.6 Å². The third kappa shape index (κ3) is 3.15. The molecule has 1 aliphatic heterocycles. The zero-order valence-electron chi connectivity index (χ0n) is 17.4. The van der Waals surface area contributed by atoms with Gasteiger partial charge in [0.2, 0.25) is 5.91 Å². The summed E-state index contributed by atoms with van der Waals surface area (Å²) in [7, 11) is 1.53. The minimum Gasteiger partial charge on any atom is -0.497 e. The molecular formula is C26H21NO5. The van der Waals surface area contributed by atoms with Gasteiger partial charge in [-0.05, 0) is 28.8 Å². The third-order valence-electron chi connectivity index (χ3n) is 6.20. The molecule has 0 radical (unpaired) electrons. The number of nitrogens with zero attached hydrogens (tertiary/aromatic N) is 1. The van der Waals surface area contributed by atoms with Crippen LogP contribution < -0.4 is 4.74 Å². The van der Waals surface area contributed by atoms with Crippen molar-refractivity contribution in [3.8, 4) is 5.75 Å². The number of hydrogen-bond donors (Lipinski definition) is 0. The molecule has 0 N–H and O–H groups in total. The van der Waals surface area contributed by atoms with Crippen LogP contribution in [0.3, 0.4) is 0 Å². The Bertz CT molecular complexity index is 1190. The topological polar surface area (TPSA) is 72.9 Å². The molecule has 1 aliphatic carbocycles. The Hall–Kier alpha value is -3.93. The Balaban J connectivity index is 1.59. The van der Waals surface area contributed by atoms with Gasteiger partial charge in [-0.2, -0.15) is 0 Å². The van der Waals surface area contributed by atoms with Gasteiger partial charge in [0, 0.05) is 11.5 Å². The van der Waals surface area contributed by atoms with Gasteiger partial charge in [0.25, 0.3) is 0 Å². The van der Waals surface area contributed by atoms with Crippen LogP contribution in [0.4, 0.5) is 4.79 Å². The van der Waals surface area contributed by atoms with Gasteiger partial charge >= 0.3 is 6.09 Å². The van der Waals surface area contributed by atoms with Crippen molar-refractivity contribution in [3.63, 3.8) is 0 Å². The van der Waals surface area contributed by atoms with Crippen molar-refractivity contribution in [2.24, 2.45) is 5.92 Å². The Kier molecular flexibility index (Phi) is 4.98. The summed E-state index contributed by atoms with van der Waals surface area (Å²) in [6, 6.07) is 23.4. The predicted octanol–water partition coefficient (Wildman–Crippen LogP) is 4.36. The first-order chi connectivity index (χ1) is 15.6. The fourth-order valence-electron chi connectivity index (χ4n) is 4.67. The molecule has 1 fully saturated rings. The number of amides is 2. The van der Waals surface area contributed by atoms with Crippen LogP contribution in [0.15, 0.2) is 78.9 Å². The van der Waals surface area contributed by atoms with E-state index >= 15 is 0 Å². The smallest absolute Gasteiger partial charge is 0.417 e. The summed E-state index contributed by atoms with van der Waals surface area (Å²) in [5, 5.41) is 0. The van der Waals surface area contributed by atoms with Crippen molar-refractivity contribution in [2.75, 3.05) is 13.7 Å². The Morgan fingerprint density at radius 1 is 0.938 bits per heavy atom. The second-order valence-electron chi connectivity index (χ2n) is 7.90. The van der Waals surface area contributed by atoms with Crippen LogP contribution in [0.25, 0.3) is 0 Å². The Morgan fingerprint density at radius 3 is 2.25 bits per heavy atom. The standard InChI is InChI=1S/C26H21NO5/c1-31-18-12-13-19-20(14-18)24(28)23(22(19)17-10-6-3-7-11-17)25(29)27-21(15-32-26(27)30)16-8-4-2-5-9-16/h2-14,21-23H,15H2,1H3/t21-,22+,23+/m1/s1. The van der Waals surface area contributed by atoms with E-state index in [1.54, 1.807) is 12.1 Å². The lowest BCUT2D eigenvalue weighted by molar-refractivity contribution is -0.132. The van der Waals surface area contributed by atoms with Crippen LogP contribution in [-0.4, -0.2) is 36.4 Å². The SMILES string of the molecule is COc1ccc2c(c1)C(=O)[C@@H](C(=O)N1C(=O)OC[C@@H]1c1ccccc1)[C@H]2c1ccccc1. The molecule has 1 heterocycles. The second kappa shape index (κ2) is 7.96. The van der Waals surface area contributed by atoms with Gasteiger partial charge < -0.3 is 9.47 Å². The summed E-state index contributed by atoms with van der Waals surface area (Å²) in [6.45, 7) is 0.0618. The first-order valence-corrected chi connectivity index (χ1v) is 10.4. The molecule has 3 atom stereocenters. The van der Waals surface area contributed by atoms with Crippen molar-refractivity contribution >= 4 is 17.8 Å².